The van der Waals surface area contributed by atoms with E-state index >= 15 is 0 Å². The number of fused-ring (bicyclic) bond motifs is 2. The summed E-state index contributed by atoms with van der Waals surface area (Å²) in [5.41, 5.74) is 0. The lowest BCUT2D eigenvalue weighted by Gasteiger charge is -2.16. The standard InChI is InChI=1S/C14H21N3O2S/c1-2-15-11-7-20-6-10(11)14-16-13(17-19-14)9-5-8-3-4-12(9)18-8/h8-12,15H,2-7H2,1H3. The summed E-state index contributed by atoms with van der Waals surface area (Å²) in [6, 6.07) is 0.467. The number of hydrogen-bond acceptors (Lipinski definition) is 6. The Bertz CT molecular complexity index is 481. The fourth-order valence-corrected chi connectivity index (χ4v) is 5.09. The number of thioether (sulfide) groups is 1. The first-order valence-electron chi connectivity index (χ1n) is 7.65. The first kappa shape index (κ1) is 13.1. The van der Waals surface area contributed by atoms with Crippen molar-refractivity contribution in [2.24, 2.45) is 0 Å². The molecule has 2 bridgehead atoms. The van der Waals surface area contributed by atoms with E-state index in [0.29, 0.717) is 30.1 Å². The lowest BCUT2D eigenvalue weighted by molar-refractivity contribution is 0.0996. The van der Waals surface area contributed by atoms with Crippen LogP contribution in [-0.4, -0.2) is 46.4 Å². The van der Waals surface area contributed by atoms with E-state index in [-0.39, 0.29) is 0 Å². The maximum Gasteiger partial charge on any atom is 0.232 e. The third-order valence-electron chi connectivity index (χ3n) is 4.76. The Morgan fingerprint density at radius 1 is 1.30 bits per heavy atom. The Kier molecular flexibility index (Phi) is 3.48. The van der Waals surface area contributed by atoms with E-state index < -0.39 is 0 Å². The normalized spacial score (nSPS) is 39.8. The van der Waals surface area contributed by atoms with Crippen LogP contribution in [0.1, 0.15) is 49.7 Å². The maximum atomic E-state index is 5.90. The molecule has 3 aliphatic rings. The van der Waals surface area contributed by atoms with Crippen LogP contribution in [0.2, 0.25) is 0 Å². The third kappa shape index (κ3) is 2.18. The van der Waals surface area contributed by atoms with E-state index in [1.165, 1.54) is 6.42 Å². The fourth-order valence-electron chi connectivity index (χ4n) is 3.72. The quantitative estimate of drug-likeness (QED) is 0.915. The largest absolute Gasteiger partial charge is 0.374 e. The Balaban J connectivity index is 1.50. The molecule has 1 aromatic heterocycles. The summed E-state index contributed by atoms with van der Waals surface area (Å²) >= 11 is 1.96. The lowest BCUT2D eigenvalue weighted by atomic mass is 9.89. The molecule has 5 unspecified atom stereocenters. The van der Waals surface area contributed by atoms with Crippen LogP contribution in [-0.2, 0) is 4.74 Å². The molecule has 4 rings (SSSR count). The van der Waals surface area contributed by atoms with E-state index in [1.54, 1.807) is 0 Å². The first-order chi connectivity index (χ1) is 9.85. The van der Waals surface area contributed by atoms with E-state index in [1.807, 2.05) is 11.8 Å². The summed E-state index contributed by atoms with van der Waals surface area (Å²) in [6.45, 7) is 3.13. The number of nitrogens with zero attached hydrogens (tertiary/aromatic N) is 2. The molecular weight excluding hydrogens is 274 g/mol. The van der Waals surface area contributed by atoms with Gasteiger partial charge >= 0.3 is 0 Å². The highest BCUT2D eigenvalue weighted by Crippen LogP contribution is 2.44. The molecule has 20 heavy (non-hydrogen) atoms. The molecule has 1 aromatic rings. The van der Waals surface area contributed by atoms with Crippen LogP contribution < -0.4 is 5.32 Å². The van der Waals surface area contributed by atoms with Crippen LogP contribution >= 0.6 is 11.8 Å². The van der Waals surface area contributed by atoms with Crippen molar-refractivity contribution in [3.63, 3.8) is 0 Å². The van der Waals surface area contributed by atoms with Crippen molar-refractivity contribution in [2.45, 2.75) is 56.3 Å². The van der Waals surface area contributed by atoms with Gasteiger partial charge < -0.3 is 14.6 Å². The van der Waals surface area contributed by atoms with Gasteiger partial charge in [0.1, 0.15) is 0 Å². The zero-order valence-electron chi connectivity index (χ0n) is 11.7. The highest BCUT2D eigenvalue weighted by Gasteiger charge is 2.44. The van der Waals surface area contributed by atoms with E-state index in [9.17, 15) is 0 Å². The minimum absolute atomic E-state index is 0.327. The van der Waals surface area contributed by atoms with Crippen molar-refractivity contribution in [1.29, 1.82) is 0 Å². The summed E-state index contributed by atoms with van der Waals surface area (Å²) in [5, 5.41) is 7.78. The number of hydrogen-bond donors (Lipinski definition) is 1. The van der Waals surface area contributed by atoms with E-state index in [0.717, 1.165) is 42.6 Å². The molecule has 4 heterocycles. The monoisotopic (exact) mass is 295 g/mol. The Labute approximate surface area is 123 Å². The second-order valence-corrected chi connectivity index (χ2v) is 7.09. The summed E-state index contributed by atoms with van der Waals surface area (Å²) in [7, 11) is 0. The van der Waals surface area contributed by atoms with Crippen molar-refractivity contribution in [3.05, 3.63) is 11.7 Å². The van der Waals surface area contributed by atoms with Crippen molar-refractivity contribution in [3.8, 4) is 0 Å². The molecule has 3 aliphatic heterocycles. The molecule has 1 N–H and O–H groups in total. The van der Waals surface area contributed by atoms with Gasteiger partial charge in [-0.2, -0.15) is 16.7 Å². The van der Waals surface area contributed by atoms with Gasteiger partial charge in [0.05, 0.1) is 24.0 Å². The van der Waals surface area contributed by atoms with Gasteiger partial charge in [-0.25, -0.2) is 0 Å². The predicted octanol–water partition coefficient (Wildman–Crippen LogP) is 1.91. The second kappa shape index (κ2) is 5.31. The maximum absolute atomic E-state index is 5.90. The highest BCUT2D eigenvalue weighted by atomic mass is 32.2. The average Bonchev–Trinajstić information content (AvgIpc) is 3.22. The topological polar surface area (TPSA) is 60.2 Å². The fraction of sp³-hybridized carbons (Fsp3) is 0.857. The minimum atomic E-state index is 0.327. The molecule has 0 amide bonds. The number of aromatic nitrogens is 2. The zero-order valence-corrected chi connectivity index (χ0v) is 12.6. The molecule has 0 aromatic carbocycles. The van der Waals surface area contributed by atoms with E-state index in [2.05, 4.69) is 17.4 Å². The van der Waals surface area contributed by atoms with Gasteiger partial charge in [-0.3, -0.25) is 0 Å². The van der Waals surface area contributed by atoms with Gasteiger partial charge in [0, 0.05) is 17.5 Å². The predicted molar refractivity (Wildman–Crippen MR) is 77.1 cm³/mol. The summed E-state index contributed by atoms with van der Waals surface area (Å²) in [5.74, 6) is 4.62. The number of ether oxygens (including phenoxy) is 1. The highest BCUT2D eigenvalue weighted by molar-refractivity contribution is 7.99. The van der Waals surface area contributed by atoms with Crippen LogP contribution in [0, 0.1) is 0 Å². The molecule has 110 valence electrons. The molecule has 0 saturated carbocycles. The zero-order chi connectivity index (χ0) is 13.5. The number of nitrogens with one attached hydrogen (secondary N) is 1. The van der Waals surface area contributed by atoms with Crippen LogP contribution in [0.5, 0.6) is 0 Å². The van der Waals surface area contributed by atoms with Crippen LogP contribution in [0.15, 0.2) is 4.52 Å². The van der Waals surface area contributed by atoms with E-state index in [4.69, 9.17) is 14.2 Å². The van der Waals surface area contributed by atoms with Crippen molar-refractivity contribution in [2.75, 3.05) is 18.1 Å². The smallest absolute Gasteiger partial charge is 0.232 e. The van der Waals surface area contributed by atoms with Crippen molar-refractivity contribution >= 4 is 11.8 Å². The lowest BCUT2D eigenvalue weighted by Crippen LogP contribution is -2.34. The molecule has 5 atom stereocenters. The van der Waals surface area contributed by atoms with Crippen LogP contribution in [0.4, 0.5) is 0 Å². The van der Waals surface area contributed by atoms with Gasteiger partial charge in [0.2, 0.25) is 5.89 Å². The number of rotatable bonds is 4. The van der Waals surface area contributed by atoms with Crippen LogP contribution in [0.3, 0.4) is 0 Å². The van der Waals surface area contributed by atoms with Gasteiger partial charge in [0.25, 0.3) is 0 Å². The first-order valence-corrected chi connectivity index (χ1v) is 8.80. The Hall–Kier alpha value is -0.590. The molecule has 3 fully saturated rings. The SMILES string of the molecule is CCNC1CSCC1c1nc(C2CC3CCC2O3)no1. The minimum Gasteiger partial charge on any atom is -0.374 e. The molecule has 3 saturated heterocycles. The molecule has 5 nitrogen and oxygen atoms in total. The van der Waals surface area contributed by atoms with Crippen LogP contribution in [0.25, 0.3) is 0 Å². The average molecular weight is 295 g/mol. The van der Waals surface area contributed by atoms with Gasteiger partial charge in [-0.1, -0.05) is 12.1 Å². The van der Waals surface area contributed by atoms with Gasteiger partial charge in [0.15, 0.2) is 5.82 Å². The molecule has 0 radical (unpaired) electrons. The Morgan fingerprint density at radius 3 is 3.00 bits per heavy atom. The molecule has 6 heteroatoms. The van der Waals surface area contributed by atoms with Gasteiger partial charge in [-0.15, -0.1) is 0 Å². The van der Waals surface area contributed by atoms with Crippen molar-refractivity contribution in [1.82, 2.24) is 15.5 Å². The summed E-state index contributed by atoms with van der Waals surface area (Å²) in [6.07, 6.45) is 4.18. The molecular formula is C14H21N3O2S. The second-order valence-electron chi connectivity index (χ2n) is 6.02. The number of likely N-dealkylation sites (N-methyl/N-ethyl adjacent to an activating group) is 1. The molecule has 0 aliphatic carbocycles. The third-order valence-corrected chi connectivity index (χ3v) is 5.95. The van der Waals surface area contributed by atoms with Crippen molar-refractivity contribution < 1.29 is 9.26 Å². The summed E-state index contributed by atoms with van der Waals surface area (Å²) in [4.78, 5) is 4.71. The van der Waals surface area contributed by atoms with Gasteiger partial charge in [-0.05, 0) is 25.8 Å². The Morgan fingerprint density at radius 2 is 2.25 bits per heavy atom. The summed E-state index contributed by atoms with van der Waals surface area (Å²) < 4.78 is 11.5. The molecule has 0 spiro atoms.